The van der Waals surface area contributed by atoms with Crippen molar-refractivity contribution in [1.82, 2.24) is 0 Å². The molecule has 0 aliphatic carbocycles. The van der Waals surface area contributed by atoms with E-state index < -0.39 is 6.58 Å². The van der Waals surface area contributed by atoms with E-state index in [1.54, 1.807) is 6.07 Å². The molecule has 0 bridgehead atoms. The molecule has 1 unspecified atom stereocenters. The van der Waals surface area contributed by atoms with E-state index in [-0.39, 0.29) is 0 Å². The SMILES string of the molecule is [2H]C(O)c1ccoc1. The average Bonchev–Trinajstić information content (AvgIpc) is 2.12. The fourth-order valence-electron chi connectivity index (χ4n) is 0.348. The minimum absolute atomic E-state index is 0.491. The van der Waals surface area contributed by atoms with E-state index >= 15 is 0 Å². The zero-order chi connectivity index (χ0) is 5.98. The summed E-state index contributed by atoms with van der Waals surface area (Å²) in [4.78, 5) is 0. The Bertz CT molecular complexity index is 145. The van der Waals surface area contributed by atoms with Crippen molar-refractivity contribution in [2.24, 2.45) is 0 Å². The molecule has 1 N–H and O–H groups in total. The molecule has 0 spiro atoms. The van der Waals surface area contributed by atoms with Crippen molar-refractivity contribution in [3.8, 4) is 0 Å². The molecule has 7 heavy (non-hydrogen) atoms. The van der Waals surface area contributed by atoms with Gasteiger partial charge in [0.2, 0.25) is 0 Å². The van der Waals surface area contributed by atoms with Gasteiger partial charge in [-0.3, -0.25) is 0 Å². The molecule has 1 heterocycles. The Morgan fingerprint density at radius 1 is 2.00 bits per heavy atom. The second-order valence-electron chi connectivity index (χ2n) is 1.19. The topological polar surface area (TPSA) is 33.4 Å². The van der Waals surface area contributed by atoms with Crippen LogP contribution in [0.2, 0.25) is 0 Å². The van der Waals surface area contributed by atoms with Crippen LogP contribution in [0.3, 0.4) is 0 Å². The third kappa shape index (κ3) is 0.810. The van der Waals surface area contributed by atoms with E-state index in [1.807, 2.05) is 0 Å². The summed E-state index contributed by atoms with van der Waals surface area (Å²) in [6, 6.07) is 1.55. The van der Waals surface area contributed by atoms with Gasteiger partial charge in [0.1, 0.15) is 0 Å². The van der Waals surface area contributed by atoms with E-state index in [2.05, 4.69) is 4.42 Å². The maximum Gasteiger partial charge on any atom is 0.0957 e. The molecule has 1 rings (SSSR count). The molecule has 0 aliphatic heterocycles. The third-order valence-electron chi connectivity index (χ3n) is 0.692. The molecule has 1 atom stereocenters. The van der Waals surface area contributed by atoms with Gasteiger partial charge in [-0.25, -0.2) is 0 Å². The van der Waals surface area contributed by atoms with Gasteiger partial charge in [0.25, 0.3) is 0 Å². The Labute approximate surface area is 42.8 Å². The van der Waals surface area contributed by atoms with Crippen molar-refractivity contribution in [3.05, 3.63) is 24.2 Å². The Hall–Kier alpha value is -0.760. The summed E-state index contributed by atoms with van der Waals surface area (Å²) in [5.41, 5.74) is 0.491. The van der Waals surface area contributed by atoms with Gasteiger partial charge in [0, 0.05) is 5.56 Å². The van der Waals surface area contributed by atoms with E-state index in [0.717, 1.165) is 0 Å². The van der Waals surface area contributed by atoms with Crippen LogP contribution in [-0.2, 0) is 6.58 Å². The Morgan fingerprint density at radius 3 is 3.14 bits per heavy atom. The Balaban J connectivity index is 2.77. The fraction of sp³-hybridized carbons (Fsp3) is 0.200. The van der Waals surface area contributed by atoms with E-state index in [1.165, 1.54) is 12.5 Å². The first kappa shape index (κ1) is 3.27. The highest BCUT2D eigenvalue weighted by Gasteiger charge is 1.85. The van der Waals surface area contributed by atoms with Crippen LogP contribution >= 0.6 is 0 Å². The normalized spacial score (nSPS) is 15.9. The molecule has 0 aliphatic rings. The van der Waals surface area contributed by atoms with Crippen LogP contribution in [0.25, 0.3) is 0 Å². The molecule has 0 saturated heterocycles. The molecule has 2 nitrogen and oxygen atoms in total. The molecule has 1 aromatic rings. The summed E-state index contributed by atoms with van der Waals surface area (Å²) in [5.74, 6) is 0. The quantitative estimate of drug-likeness (QED) is 0.564. The number of hydrogen-bond acceptors (Lipinski definition) is 2. The fourth-order valence-corrected chi connectivity index (χ4v) is 0.348. The van der Waals surface area contributed by atoms with Gasteiger partial charge < -0.3 is 9.52 Å². The van der Waals surface area contributed by atoms with Crippen molar-refractivity contribution < 1.29 is 10.9 Å². The number of furan rings is 1. The average molecular weight is 99.1 g/mol. The smallest absolute Gasteiger partial charge is 0.0957 e. The largest absolute Gasteiger partial charge is 0.472 e. The van der Waals surface area contributed by atoms with Crippen molar-refractivity contribution in [1.29, 1.82) is 0 Å². The van der Waals surface area contributed by atoms with Crippen LogP contribution in [0, 0.1) is 0 Å². The summed E-state index contributed by atoms with van der Waals surface area (Å²) >= 11 is 0. The molecule has 0 aromatic carbocycles. The van der Waals surface area contributed by atoms with Crippen LogP contribution in [0.4, 0.5) is 0 Å². The number of hydrogen-bond donors (Lipinski definition) is 1. The zero-order valence-electron chi connectivity index (χ0n) is 4.66. The monoisotopic (exact) mass is 99.0 g/mol. The molecule has 2 heteroatoms. The lowest BCUT2D eigenvalue weighted by atomic mass is 10.4. The predicted molar refractivity (Wildman–Crippen MR) is 24.6 cm³/mol. The second-order valence-corrected chi connectivity index (χ2v) is 1.19. The van der Waals surface area contributed by atoms with Crippen molar-refractivity contribution in [2.45, 2.75) is 6.58 Å². The van der Waals surface area contributed by atoms with Gasteiger partial charge in [-0.2, -0.15) is 0 Å². The van der Waals surface area contributed by atoms with Gasteiger partial charge >= 0.3 is 0 Å². The van der Waals surface area contributed by atoms with Crippen LogP contribution in [-0.4, -0.2) is 5.11 Å². The molecule has 0 fully saturated rings. The maximum absolute atomic E-state index is 8.52. The number of aliphatic hydroxyl groups excluding tert-OH is 1. The first-order valence-corrected chi connectivity index (χ1v) is 1.93. The summed E-state index contributed by atoms with van der Waals surface area (Å²) in [6.45, 7) is -1.16. The molecular weight excluding hydrogens is 92.1 g/mol. The highest BCUT2D eigenvalue weighted by molar-refractivity contribution is 5.02. The number of rotatable bonds is 1. The van der Waals surface area contributed by atoms with Gasteiger partial charge in [-0.15, -0.1) is 0 Å². The summed E-state index contributed by atoms with van der Waals surface area (Å²) in [6.07, 6.45) is 2.77. The lowest BCUT2D eigenvalue weighted by Gasteiger charge is -1.77. The van der Waals surface area contributed by atoms with Crippen molar-refractivity contribution in [3.63, 3.8) is 0 Å². The van der Waals surface area contributed by atoms with E-state index in [0.29, 0.717) is 5.56 Å². The summed E-state index contributed by atoms with van der Waals surface area (Å²) in [7, 11) is 0. The second kappa shape index (κ2) is 1.80. The van der Waals surface area contributed by atoms with Crippen LogP contribution in [0.5, 0.6) is 0 Å². The van der Waals surface area contributed by atoms with Crippen LogP contribution in [0.1, 0.15) is 6.93 Å². The van der Waals surface area contributed by atoms with Crippen molar-refractivity contribution >= 4 is 0 Å². The van der Waals surface area contributed by atoms with Crippen LogP contribution < -0.4 is 0 Å². The summed E-state index contributed by atoms with van der Waals surface area (Å²) in [5, 5.41) is 8.52. The molecule has 0 amide bonds. The zero-order valence-corrected chi connectivity index (χ0v) is 3.66. The third-order valence-corrected chi connectivity index (χ3v) is 0.692. The van der Waals surface area contributed by atoms with E-state index in [9.17, 15) is 0 Å². The van der Waals surface area contributed by atoms with Gasteiger partial charge in [-0.1, -0.05) is 0 Å². The molecule has 38 valence electrons. The minimum Gasteiger partial charge on any atom is -0.472 e. The minimum atomic E-state index is -1.16. The molecule has 1 aromatic heterocycles. The number of aliphatic hydroxyl groups is 1. The molecule has 0 radical (unpaired) electrons. The predicted octanol–water partition coefficient (Wildman–Crippen LogP) is 0.772. The highest BCUT2D eigenvalue weighted by Crippen LogP contribution is 1.96. The van der Waals surface area contributed by atoms with Gasteiger partial charge in [-0.05, 0) is 6.07 Å². The van der Waals surface area contributed by atoms with E-state index in [4.69, 9.17) is 6.48 Å². The van der Waals surface area contributed by atoms with Crippen LogP contribution in [0.15, 0.2) is 23.0 Å². The Morgan fingerprint density at radius 2 is 2.86 bits per heavy atom. The molecule has 0 saturated carbocycles. The lowest BCUT2D eigenvalue weighted by molar-refractivity contribution is 0.280. The maximum atomic E-state index is 8.52. The van der Waals surface area contributed by atoms with Crippen molar-refractivity contribution in [2.75, 3.05) is 0 Å². The summed E-state index contributed by atoms with van der Waals surface area (Å²) < 4.78 is 11.3. The first-order valence-electron chi connectivity index (χ1n) is 2.51. The molecular formula is C5H6O2. The first-order chi connectivity index (χ1) is 3.80. The van der Waals surface area contributed by atoms with Gasteiger partial charge in [0.15, 0.2) is 0 Å². The standard InChI is InChI=1S/C5H6O2/c6-3-5-1-2-7-4-5/h1-2,4,6H,3H2/i3D. The highest BCUT2D eigenvalue weighted by atomic mass is 16.3. The Kier molecular flexibility index (Phi) is 0.839. The lowest BCUT2D eigenvalue weighted by Crippen LogP contribution is -1.72. The van der Waals surface area contributed by atoms with Gasteiger partial charge in [0.05, 0.1) is 20.5 Å².